The van der Waals surface area contributed by atoms with Gasteiger partial charge < -0.3 is 25.2 Å². The number of nitrogens with two attached hydrogens (primary N) is 2. The molecule has 1 atom stereocenters. The van der Waals surface area contributed by atoms with Crippen molar-refractivity contribution in [1.82, 2.24) is 4.90 Å². The second-order valence-corrected chi connectivity index (χ2v) is 9.29. The van der Waals surface area contributed by atoms with E-state index in [0.29, 0.717) is 17.1 Å². The summed E-state index contributed by atoms with van der Waals surface area (Å²) >= 11 is 0. The smallest absolute Gasteiger partial charge is 0.309 e. The molecule has 1 heterocycles. The molecule has 176 valence electrons. The summed E-state index contributed by atoms with van der Waals surface area (Å²) in [6.07, 6.45) is 0. The number of amidine groups is 2. The minimum Gasteiger partial charge on any atom is -0.505 e. The van der Waals surface area contributed by atoms with Crippen LogP contribution in [0.5, 0.6) is 17.2 Å². The molecule has 0 spiro atoms. The maximum absolute atomic E-state index is 12.5. The molecular formula is C24H32N5O4+. The minimum absolute atomic E-state index is 0.00704. The Bertz CT molecular complexity index is 1130. The minimum atomic E-state index is -0.327. The average Bonchev–Trinajstić information content (AvgIpc) is 3.20. The summed E-state index contributed by atoms with van der Waals surface area (Å²) in [7, 11) is 3.23. The molecule has 0 fully saturated rings. The van der Waals surface area contributed by atoms with Crippen molar-refractivity contribution in [3.8, 4) is 17.2 Å². The first-order chi connectivity index (χ1) is 15.4. The first kappa shape index (κ1) is 23.9. The molecule has 2 aromatic rings. The summed E-state index contributed by atoms with van der Waals surface area (Å²) in [5.74, 6) is 0.938. The van der Waals surface area contributed by atoms with Gasteiger partial charge in [-0.15, -0.1) is 0 Å². The summed E-state index contributed by atoms with van der Waals surface area (Å²) in [4.78, 5) is 21.4. The Morgan fingerprint density at radius 3 is 2.45 bits per heavy atom. The van der Waals surface area contributed by atoms with Crippen molar-refractivity contribution >= 4 is 23.3 Å². The molecule has 0 saturated carbocycles. The molecule has 6 N–H and O–H groups in total. The largest absolute Gasteiger partial charge is 0.505 e. The molecule has 0 bridgehead atoms. The highest BCUT2D eigenvalue weighted by Gasteiger charge is 2.31. The van der Waals surface area contributed by atoms with Crippen LogP contribution >= 0.6 is 0 Å². The number of aromatic hydroxyl groups is 1. The van der Waals surface area contributed by atoms with Crippen LogP contribution in [-0.2, 0) is 0 Å². The summed E-state index contributed by atoms with van der Waals surface area (Å²) < 4.78 is 10.9. The van der Waals surface area contributed by atoms with Crippen molar-refractivity contribution < 1.29 is 24.4 Å². The topological polar surface area (TPSA) is 137 Å². The van der Waals surface area contributed by atoms with Gasteiger partial charge in [0.1, 0.15) is 11.7 Å². The van der Waals surface area contributed by atoms with Gasteiger partial charge in [0, 0.05) is 25.1 Å². The van der Waals surface area contributed by atoms with Crippen LogP contribution in [0, 0.1) is 12.3 Å². The highest BCUT2D eigenvalue weighted by atomic mass is 16.7. The Labute approximate surface area is 193 Å². The van der Waals surface area contributed by atoms with Crippen LogP contribution in [0.3, 0.4) is 0 Å². The number of benzene rings is 2. The molecule has 0 aromatic heterocycles. The second kappa shape index (κ2) is 9.01. The second-order valence-electron chi connectivity index (χ2n) is 9.29. The molecule has 0 aliphatic carbocycles. The van der Waals surface area contributed by atoms with Gasteiger partial charge in [0.05, 0.1) is 5.56 Å². The van der Waals surface area contributed by atoms with Gasteiger partial charge in [-0.1, -0.05) is 32.9 Å². The fraction of sp³-hybridized carbons (Fsp3) is 0.375. The molecule has 0 saturated heterocycles. The van der Waals surface area contributed by atoms with Crippen LogP contribution in [0.2, 0.25) is 0 Å². The fourth-order valence-corrected chi connectivity index (χ4v) is 3.58. The number of aryl methyl sites for hydroxylation is 1. The van der Waals surface area contributed by atoms with Gasteiger partial charge in [0.15, 0.2) is 17.2 Å². The lowest BCUT2D eigenvalue weighted by Crippen LogP contribution is -2.81. The SMILES string of the molecule is Cc1ccc(N=C(N)C(N)=[NH+][C@@H](c2ccc3c(c2)OCO3)C(C)(C)C)c(O)c1C(=O)N(C)C. The average molecular weight is 455 g/mol. The van der Waals surface area contributed by atoms with Crippen molar-refractivity contribution in [2.24, 2.45) is 21.9 Å². The van der Waals surface area contributed by atoms with Gasteiger partial charge in [0.25, 0.3) is 5.91 Å². The standard InChI is InChI=1S/C24H31N5O4/c1-13-7-9-15(19(30)18(13)23(31)29(5)6)27-21(25)22(26)28-20(24(2,3)4)14-8-10-16-17(11-14)33-12-32-16/h7-11,20,30H,12H2,1-6H3,(H2,25,27)(H2,26,28)/p+1/t20-/m0/s1. The van der Waals surface area contributed by atoms with Gasteiger partial charge in [-0.3, -0.25) is 15.5 Å². The molecule has 3 rings (SSSR count). The number of amides is 1. The number of ether oxygens (including phenoxy) is 2. The summed E-state index contributed by atoms with van der Waals surface area (Å²) in [6, 6.07) is 8.80. The predicted octanol–water partition coefficient (Wildman–Crippen LogP) is 1.35. The number of aliphatic imine (C=N–C) groups is 1. The van der Waals surface area contributed by atoms with Crippen molar-refractivity contribution in [3.63, 3.8) is 0 Å². The van der Waals surface area contributed by atoms with Crippen LogP contribution < -0.4 is 25.9 Å². The first-order valence-electron chi connectivity index (χ1n) is 10.6. The van der Waals surface area contributed by atoms with E-state index < -0.39 is 0 Å². The van der Waals surface area contributed by atoms with Gasteiger partial charge in [-0.25, -0.2) is 4.99 Å². The molecule has 0 radical (unpaired) electrons. The van der Waals surface area contributed by atoms with Crippen LogP contribution in [0.1, 0.15) is 48.3 Å². The number of hydrogen-bond acceptors (Lipinski definition) is 5. The molecule has 33 heavy (non-hydrogen) atoms. The Balaban J connectivity index is 1.99. The van der Waals surface area contributed by atoms with E-state index in [2.05, 4.69) is 30.8 Å². The Morgan fingerprint density at radius 1 is 1.15 bits per heavy atom. The normalized spacial score (nSPS) is 14.8. The van der Waals surface area contributed by atoms with Gasteiger partial charge >= 0.3 is 5.84 Å². The molecule has 1 aliphatic heterocycles. The molecule has 1 amide bonds. The summed E-state index contributed by atoms with van der Waals surface area (Å²) in [5.41, 5.74) is 14.1. The van der Waals surface area contributed by atoms with Crippen LogP contribution in [-0.4, -0.2) is 48.5 Å². The number of rotatable bonds is 4. The maximum atomic E-state index is 12.5. The van der Waals surface area contributed by atoms with Crippen LogP contribution in [0.4, 0.5) is 5.69 Å². The van der Waals surface area contributed by atoms with E-state index >= 15 is 0 Å². The Kier molecular flexibility index (Phi) is 6.53. The van der Waals surface area contributed by atoms with Gasteiger partial charge in [-0.05, 0) is 30.7 Å². The maximum Gasteiger partial charge on any atom is 0.309 e. The predicted molar refractivity (Wildman–Crippen MR) is 127 cm³/mol. The van der Waals surface area contributed by atoms with Crippen LogP contribution in [0.15, 0.2) is 35.3 Å². The number of nitrogens with one attached hydrogen (secondary N) is 1. The van der Waals surface area contributed by atoms with Crippen LogP contribution in [0.25, 0.3) is 0 Å². The van der Waals surface area contributed by atoms with E-state index in [1.165, 1.54) is 4.90 Å². The lowest BCUT2D eigenvalue weighted by molar-refractivity contribution is -0.529. The molecule has 1 aliphatic rings. The highest BCUT2D eigenvalue weighted by Crippen LogP contribution is 2.37. The zero-order valence-electron chi connectivity index (χ0n) is 19.9. The fourth-order valence-electron chi connectivity index (χ4n) is 3.58. The zero-order chi connectivity index (χ0) is 24.5. The third-order valence-electron chi connectivity index (χ3n) is 5.40. The van der Waals surface area contributed by atoms with E-state index in [4.69, 9.17) is 20.9 Å². The molecule has 9 nitrogen and oxygen atoms in total. The lowest BCUT2D eigenvalue weighted by Gasteiger charge is -2.26. The Hall–Kier alpha value is -3.75. The first-order valence-corrected chi connectivity index (χ1v) is 10.6. The molecular weight excluding hydrogens is 422 g/mol. The van der Waals surface area contributed by atoms with Crippen molar-refractivity contribution in [2.75, 3.05) is 20.9 Å². The zero-order valence-corrected chi connectivity index (χ0v) is 19.9. The third-order valence-corrected chi connectivity index (χ3v) is 5.40. The van der Waals surface area contributed by atoms with E-state index in [0.717, 1.165) is 5.56 Å². The molecule has 2 aromatic carbocycles. The van der Waals surface area contributed by atoms with E-state index in [9.17, 15) is 9.90 Å². The van der Waals surface area contributed by atoms with E-state index in [-0.39, 0.29) is 52.8 Å². The van der Waals surface area contributed by atoms with Gasteiger partial charge in [0.2, 0.25) is 12.6 Å². The lowest BCUT2D eigenvalue weighted by atomic mass is 9.82. The third kappa shape index (κ3) is 5.02. The number of phenolic OH excluding ortho intramolecular Hbond substituents is 1. The number of nitrogens with zero attached hydrogens (tertiary/aromatic N) is 2. The molecule has 0 unspecified atom stereocenters. The van der Waals surface area contributed by atoms with E-state index in [1.807, 2.05) is 18.2 Å². The highest BCUT2D eigenvalue weighted by molar-refractivity contribution is 6.37. The molecule has 9 heteroatoms. The number of phenols is 1. The van der Waals surface area contributed by atoms with Crippen molar-refractivity contribution in [2.45, 2.75) is 33.7 Å². The number of fused-ring (bicyclic) bond motifs is 1. The number of carbonyl (C=O) groups is 1. The van der Waals surface area contributed by atoms with Gasteiger partial charge in [-0.2, -0.15) is 0 Å². The van der Waals surface area contributed by atoms with E-state index in [1.54, 1.807) is 33.2 Å². The number of carbonyl (C=O) groups excluding carboxylic acids is 1. The summed E-state index contributed by atoms with van der Waals surface area (Å²) in [6.45, 7) is 8.15. The quantitative estimate of drug-likeness (QED) is 0.406. The number of hydrogen-bond donors (Lipinski definition) is 4. The Morgan fingerprint density at radius 2 is 1.82 bits per heavy atom. The van der Waals surface area contributed by atoms with Crippen molar-refractivity contribution in [3.05, 3.63) is 47.0 Å². The van der Waals surface area contributed by atoms with Crippen molar-refractivity contribution in [1.29, 1.82) is 0 Å². The monoisotopic (exact) mass is 454 g/mol. The summed E-state index contributed by atoms with van der Waals surface area (Å²) in [5, 5.41) is 10.7.